The molecule has 0 saturated carbocycles. The minimum atomic E-state index is -1.26. The summed E-state index contributed by atoms with van der Waals surface area (Å²) < 4.78 is 5.54. The van der Waals surface area contributed by atoms with Gasteiger partial charge in [-0.25, -0.2) is 4.79 Å². The molecule has 4 rings (SSSR count). The number of barbiturate groups is 1. The normalized spacial score (nSPS) is 32.8. The van der Waals surface area contributed by atoms with Crippen LogP contribution in [0.25, 0.3) is 0 Å². The van der Waals surface area contributed by atoms with Crippen molar-refractivity contribution in [2.45, 2.75) is 18.9 Å². The molecule has 3 fully saturated rings. The molecule has 2 atom stereocenters. The van der Waals surface area contributed by atoms with E-state index in [4.69, 9.17) is 4.74 Å². The first kappa shape index (κ1) is 13.5. The van der Waals surface area contributed by atoms with Crippen molar-refractivity contribution >= 4 is 17.8 Å². The van der Waals surface area contributed by atoms with Gasteiger partial charge in [-0.05, 0) is 18.9 Å². The van der Waals surface area contributed by atoms with Gasteiger partial charge in [0.1, 0.15) is 0 Å². The molecule has 7 heteroatoms. The summed E-state index contributed by atoms with van der Waals surface area (Å²) in [6, 6.07) is -1.11. The van der Waals surface area contributed by atoms with E-state index in [9.17, 15) is 14.4 Å². The molecular formula is C15H17N3O4. The maximum atomic E-state index is 12.6. The number of hydrogen-bond acceptors (Lipinski definition) is 5. The molecule has 2 unspecified atom stereocenters. The summed E-state index contributed by atoms with van der Waals surface area (Å²) in [5, 5.41) is 4.54. The number of nitrogens with zero attached hydrogens (tertiary/aromatic N) is 1. The number of rotatable bonds is 0. The first-order valence-corrected chi connectivity index (χ1v) is 7.51. The molecule has 1 spiro atoms. The monoisotopic (exact) mass is 303 g/mol. The van der Waals surface area contributed by atoms with E-state index in [-0.39, 0.29) is 12.0 Å². The van der Waals surface area contributed by atoms with E-state index in [0.717, 1.165) is 6.42 Å². The van der Waals surface area contributed by atoms with Gasteiger partial charge in [-0.2, -0.15) is 0 Å². The number of carbonyl (C=O) groups excluding carboxylic acids is 3. The Balaban J connectivity index is 1.80. The molecule has 3 aliphatic heterocycles. The van der Waals surface area contributed by atoms with Crippen molar-refractivity contribution < 1.29 is 19.1 Å². The van der Waals surface area contributed by atoms with E-state index in [1.165, 1.54) is 5.70 Å². The predicted octanol–water partition coefficient (Wildman–Crippen LogP) is -0.0967. The SMILES string of the molecule is O=C1NC(=O)C2(CC3CC=CC=C3N3CCOCC32)C(=O)N1. The zero-order valence-electron chi connectivity index (χ0n) is 12.0. The molecule has 0 bridgehead atoms. The predicted molar refractivity (Wildman–Crippen MR) is 75.4 cm³/mol. The van der Waals surface area contributed by atoms with E-state index in [0.29, 0.717) is 26.2 Å². The average molecular weight is 303 g/mol. The molecule has 3 saturated heterocycles. The fourth-order valence-corrected chi connectivity index (χ4v) is 4.08. The highest BCUT2D eigenvalue weighted by molar-refractivity contribution is 6.19. The molecule has 7 nitrogen and oxygen atoms in total. The fraction of sp³-hybridized carbons (Fsp3) is 0.533. The Bertz CT molecular complexity index is 604. The number of ether oxygens (including phenoxy) is 1. The topological polar surface area (TPSA) is 87.7 Å². The first-order chi connectivity index (χ1) is 10.6. The molecule has 0 aromatic rings. The van der Waals surface area contributed by atoms with Gasteiger partial charge in [0.05, 0.1) is 19.3 Å². The van der Waals surface area contributed by atoms with Crippen molar-refractivity contribution in [3.63, 3.8) is 0 Å². The zero-order chi connectivity index (χ0) is 15.3. The van der Waals surface area contributed by atoms with Crippen LogP contribution in [0.15, 0.2) is 23.9 Å². The Morgan fingerprint density at radius 1 is 1.23 bits per heavy atom. The summed E-state index contributed by atoms with van der Waals surface area (Å²) in [4.78, 5) is 38.8. The van der Waals surface area contributed by atoms with Crippen LogP contribution < -0.4 is 10.6 Å². The van der Waals surface area contributed by atoms with Crippen LogP contribution in [0.4, 0.5) is 4.79 Å². The van der Waals surface area contributed by atoms with E-state index in [2.05, 4.69) is 21.6 Å². The Morgan fingerprint density at radius 3 is 2.77 bits per heavy atom. The Labute approximate surface area is 127 Å². The third-order valence-corrected chi connectivity index (χ3v) is 5.10. The van der Waals surface area contributed by atoms with E-state index in [1.54, 1.807) is 0 Å². The molecular weight excluding hydrogens is 286 g/mol. The van der Waals surface area contributed by atoms with Crippen LogP contribution in [0, 0.1) is 11.3 Å². The number of imide groups is 2. The van der Waals surface area contributed by atoms with Crippen LogP contribution >= 0.6 is 0 Å². The third kappa shape index (κ3) is 1.68. The lowest BCUT2D eigenvalue weighted by molar-refractivity contribution is -0.161. The second-order valence-corrected chi connectivity index (χ2v) is 6.15. The number of amides is 4. The maximum Gasteiger partial charge on any atom is 0.328 e. The van der Waals surface area contributed by atoms with Crippen LogP contribution in [0.1, 0.15) is 12.8 Å². The Hall–Kier alpha value is -2.15. The maximum absolute atomic E-state index is 12.6. The number of urea groups is 1. The standard InChI is InChI=1S/C15H17N3O4/c19-12-15(13(20)17-14(21)16-12)7-9-3-1-2-4-10(9)18-5-6-22-8-11(15)18/h1-2,4,9,11H,3,5-8H2,(H2,16,17,19,20,21). The summed E-state index contributed by atoms with van der Waals surface area (Å²) in [7, 11) is 0. The van der Waals surface area contributed by atoms with Gasteiger partial charge < -0.3 is 9.64 Å². The molecule has 0 radical (unpaired) electrons. The van der Waals surface area contributed by atoms with Crippen LogP contribution in [-0.2, 0) is 14.3 Å². The van der Waals surface area contributed by atoms with Crippen LogP contribution in [-0.4, -0.2) is 48.5 Å². The Morgan fingerprint density at radius 2 is 2.00 bits per heavy atom. The van der Waals surface area contributed by atoms with Gasteiger partial charge in [-0.1, -0.05) is 12.2 Å². The summed E-state index contributed by atoms with van der Waals surface area (Å²) >= 11 is 0. The highest BCUT2D eigenvalue weighted by Crippen LogP contribution is 2.47. The lowest BCUT2D eigenvalue weighted by Gasteiger charge is -2.55. The number of morpholine rings is 1. The number of hydrogen-bond donors (Lipinski definition) is 2. The number of fused-ring (bicyclic) bond motifs is 4. The number of allylic oxidation sites excluding steroid dienone is 4. The largest absolute Gasteiger partial charge is 0.377 e. The van der Waals surface area contributed by atoms with Gasteiger partial charge in [0.25, 0.3) is 0 Å². The Kier molecular flexibility index (Phi) is 2.87. The van der Waals surface area contributed by atoms with Crippen molar-refractivity contribution in [2.75, 3.05) is 19.8 Å². The van der Waals surface area contributed by atoms with Crippen molar-refractivity contribution in [3.8, 4) is 0 Å². The van der Waals surface area contributed by atoms with Gasteiger partial charge >= 0.3 is 6.03 Å². The smallest absolute Gasteiger partial charge is 0.328 e. The lowest BCUT2D eigenvalue weighted by Crippen LogP contribution is -2.73. The highest BCUT2D eigenvalue weighted by Gasteiger charge is 2.62. The van der Waals surface area contributed by atoms with Crippen LogP contribution in [0.3, 0.4) is 0 Å². The van der Waals surface area contributed by atoms with Crippen molar-refractivity contribution in [1.82, 2.24) is 15.5 Å². The summed E-state index contributed by atoms with van der Waals surface area (Å²) in [6.45, 7) is 1.53. The molecule has 4 amide bonds. The summed E-state index contributed by atoms with van der Waals surface area (Å²) in [5.74, 6) is -0.894. The molecule has 0 aromatic carbocycles. The first-order valence-electron chi connectivity index (χ1n) is 7.51. The minimum Gasteiger partial charge on any atom is -0.377 e. The summed E-state index contributed by atoms with van der Waals surface area (Å²) in [6.07, 6.45) is 7.32. The van der Waals surface area contributed by atoms with Gasteiger partial charge in [-0.3, -0.25) is 20.2 Å². The molecule has 116 valence electrons. The molecule has 22 heavy (non-hydrogen) atoms. The van der Waals surface area contributed by atoms with Crippen LogP contribution in [0.5, 0.6) is 0 Å². The third-order valence-electron chi connectivity index (χ3n) is 5.10. The quantitative estimate of drug-likeness (QED) is 0.610. The van der Waals surface area contributed by atoms with Gasteiger partial charge in [-0.15, -0.1) is 0 Å². The molecule has 3 heterocycles. The molecule has 4 aliphatic rings. The van der Waals surface area contributed by atoms with E-state index < -0.39 is 23.3 Å². The zero-order valence-corrected chi connectivity index (χ0v) is 12.0. The van der Waals surface area contributed by atoms with Gasteiger partial charge in [0.15, 0.2) is 5.41 Å². The highest BCUT2D eigenvalue weighted by atomic mass is 16.5. The molecule has 1 aliphatic carbocycles. The molecule has 0 aromatic heterocycles. The van der Waals surface area contributed by atoms with Crippen molar-refractivity contribution in [1.29, 1.82) is 0 Å². The summed E-state index contributed by atoms with van der Waals surface area (Å²) in [5.41, 5.74) is -0.0967. The second kappa shape index (κ2) is 4.67. The van der Waals surface area contributed by atoms with Gasteiger partial charge in [0.2, 0.25) is 11.8 Å². The average Bonchev–Trinajstić information content (AvgIpc) is 2.52. The van der Waals surface area contributed by atoms with Gasteiger partial charge in [0, 0.05) is 18.2 Å². The fourth-order valence-electron chi connectivity index (χ4n) is 4.08. The number of piperidine rings is 1. The van der Waals surface area contributed by atoms with E-state index in [1.807, 2.05) is 12.2 Å². The lowest BCUT2D eigenvalue weighted by atomic mass is 9.65. The second-order valence-electron chi connectivity index (χ2n) is 6.15. The number of nitrogens with one attached hydrogen (secondary N) is 2. The van der Waals surface area contributed by atoms with E-state index >= 15 is 0 Å². The van der Waals surface area contributed by atoms with Crippen molar-refractivity contribution in [3.05, 3.63) is 23.9 Å². The van der Waals surface area contributed by atoms with Crippen LogP contribution in [0.2, 0.25) is 0 Å². The molecule has 2 N–H and O–H groups in total. The number of carbonyl (C=O) groups is 3. The minimum absolute atomic E-state index is 0.115. The van der Waals surface area contributed by atoms with Crippen molar-refractivity contribution in [2.24, 2.45) is 11.3 Å².